The van der Waals surface area contributed by atoms with Crippen molar-refractivity contribution in [1.29, 1.82) is 0 Å². The molecule has 4 heterocycles. The smallest absolute Gasteiger partial charge is 0.251 e. The van der Waals surface area contributed by atoms with Crippen molar-refractivity contribution in [3.05, 3.63) is 22.8 Å². The van der Waals surface area contributed by atoms with Crippen molar-refractivity contribution in [2.75, 3.05) is 32.8 Å². The number of aryl methyl sites for hydroxylation is 2. The molecule has 0 bridgehead atoms. The molecule has 4 rings (SSSR count). The van der Waals surface area contributed by atoms with Gasteiger partial charge in [0.25, 0.3) is 5.91 Å². The molecule has 3 aliphatic heterocycles. The standard InChI is InChI=1S/C22H32N4O3/c1-15-18(13-20(27)25-9-4-3-5-10-25)16(2)24-21(23-15)17-8-11-26(14-17)22(28)19-7-6-12-29-19/h17,19H,3-14H2,1-2H3. The molecule has 2 atom stereocenters. The number of carbonyl (C=O) groups excluding carboxylic acids is 2. The number of aromatic nitrogens is 2. The van der Waals surface area contributed by atoms with Gasteiger partial charge in [-0.1, -0.05) is 0 Å². The Hall–Kier alpha value is -2.02. The van der Waals surface area contributed by atoms with Gasteiger partial charge in [0.15, 0.2) is 0 Å². The van der Waals surface area contributed by atoms with Crippen molar-refractivity contribution in [1.82, 2.24) is 19.8 Å². The van der Waals surface area contributed by atoms with Crippen molar-refractivity contribution >= 4 is 11.8 Å². The van der Waals surface area contributed by atoms with E-state index in [0.29, 0.717) is 19.6 Å². The van der Waals surface area contributed by atoms with Crippen LogP contribution in [0.3, 0.4) is 0 Å². The first-order chi connectivity index (χ1) is 14.0. The van der Waals surface area contributed by atoms with E-state index in [4.69, 9.17) is 14.7 Å². The third kappa shape index (κ3) is 4.44. The molecule has 1 aromatic heterocycles. The Kier molecular flexibility index (Phi) is 6.13. The second-order valence-electron chi connectivity index (χ2n) is 8.62. The molecule has 158 valence electrons. The van der Waals surface area contributed by atoms with Crippen molar-refractivity contribution in [3.8, 4) is 0 Å². The Labute approximate surface area is 172 Å². The minimum atomic E-state index is -0.263. The molecular weight excluding hydrogens is 368 g/mol. The molecule has 0 spiro atoms. The summed E-state index contributed by atoms with van der Waals surface area (Å²) in [6, 6.07) is 0. The molecular formula is C22H32N4O3. The summed E-state index contributed by atoms with van der Waals surface area (Å²) >= 11 is 0. The Morgan fingerprint density at radius 2 is 1.69 bits per heavy atom. The van der Waals surface area contributed by atoms with Crippen molar-refractivity contribution in [2.24, 2.45) is 0 Å². The van der Waals surface area contributed by atoms with Crippen LogP contribution in [-0.2, 0) is 20.7 Å². The Morgan fingerprint density at radius 3 is 2.34 bits per heavy atom. The molecule has 3 aliphatic rings. The van der Waals surface area contributed by atoms with Gasteiger partial charge in [0.1, 0.15) is 11.9 Å². The van der Waals surface area contributed by atoms with E-state index in [-0.39, 0.29) is 23.8 Å². The highest BCUT2D eigenvalue weighted by Gasteiger charge is 2.35. The second kappa shape index (κ2) is 8.78. The summed E-state index contributed by atoms with van der Waals surface area (Å²) < 4.78 is 5.55. The molecule has 3 saturated heterocycles. The van der Waals surface area contributed by atoms with E-state index in [0.717, 1.165) is 74.5 Å². The van der Waals surface area contributed by atoms with Crippen molar-refractivity contribution in [2.45, 2.75) is 70.8 Å². The van der Waals surface area contributed by atoms with E-state index in [9.17, 15) is 9.59 Å². The first-order valence-corrected chi connectivity index (χ1v) is 11.0. The van der Waals surface area contributed by atoms with Crippen LogP contribution in [0.1, 0.15) is 67.2 Å². The molecule has 0 aromatic carbocycles. The van der Waals surface area contributed by atoms with Gasteiger partial charge in [-0.3, -0.25) is 9.59 Å². The Morgan fingerprint density at radius 1 is 0.966 bits per heavy atom. The van der Waals surface area contributed by atoms with Crippen LogP contribution in [0.2, 0.25) is 0 Å². The Balaban J connectivity index is 1.41. The lowest BCUT2D eigenvalue weighted by atomic mass is 10.0. The van der Waals surface area contributed by atoms with Gasteiger partial charge in [0.2, 0.25) is 5.91 Å². The van der Waals surface area contributed by atoms with Crippen LogP contribution < -0.4 is 0 Å². The fraction of sp³-hybridized carbons (Fsp3) is 0.727. The van der Waals surface area contributed by atoms with Gasteiger partial charge >= 0.3 is 0 Å². The minimum absolute atomic E-state index is 0.113. The third-order valence-electron chi connectivity index (χ3n) is 6.54. The number of nitrogens with zero attached hydrogens (tertiary/aromatic N) is 4. The molecule has 2 amide bonds. The molecule has 0 saturated carbocycles. The molecule has 7 heteroatoms. The molecule has 3 fully saturated rings. The number of carbonyl (C=O) groups is 2. The fourth-order valence-electron chi connectivity index (χ4n) is 4.76. The quantitative estimate of drug-likeness (QED) is 0.774. The second-order valence-corrected chi connectivity index (χ2v) is 8.62. The van der Waals surface area contributed by atoms with Crippen molar-refractivity contribution in [3.63, 3.8) is 0 Å². The fourth-order valence-corrected chi connectivity index (χ4v) is 4.76. The summed E-state index contributed by atoms with van der Waals surface area (Å²) in [6.07, 6.45) is 6.20. The van der Waals surface area contributed by atoms with Crippen LogP contribution in [0.5, 0.6) is 0 Å². The van der Waals surface area contributed by atoms with Gasteiger partial charge in [-0.15, -0.1) is 0 Å². The van der Waals surface area contributed by atoms with Crippen molar-refractivity contribution < 1.29 is 14.3 Å². The molecule has 0 N–H and O–H groups in total. The van der Waals surface area contributed by atoms with E-state index >= 15 is 0 Å². The van der Waals surface area contributed by atoms with Gasteiger partial charge in [-0.2, -0.15) is 0 Å². The maximum Gasteiger partial charge on any atom is 0.251 e. The summed E-state index contributed by atoms with van der Waals surface area (Å²) in [5.74, 6) is 1.25. The van der Waals surface area contributed by atoms with Crippen LogP contribution >= 0.6 is 0 Å². The highest BCUT2D eigenvalue weighted by atomic mass is 16.5. The normalized spacial score (nSPS) is 24.9. The van der Waals surface area contributed by atoms with Crippen LogP contribution in [0.4, 0.5) is 0 Å². The number of ether oxygens (including phenoxy) is 1. The van der Waals surface area contributed by atoms with E-state index in [1.54, 1.807) is 0 Å². The zero-order chi connectivity index (χ0) is 20.4. The van der Waals surface area contributed by atoms with E-state index in [2.05, 4.69) is 0 Å². The first kappa shape index (κ1) is 20.3. The monoisotopic (exact) mass is 400 g/mol. The highest BCUT2D eigenvalue weighted by molar-refractivity contribution is 5.81. The van der Waals surface area contributed by atoms with Crippen LogP contribution in [0.25, 0.3) is 0 Å². The summed E-state index contributed by atoms with van der Waals surface area (Å²) in [6.45, 7) is 7.76. The highest BCUT2D eigenvalue weighted by Crippen LogP contribution is 2.28. The summed E-state index contributed by atoms with van der Waals surface area (Å²) in [4.78, 5) is 38.7. The number of amides is 2. The number of hydrogen-bond donors (Lipinski definition) is 0. The van der Waals surface area contributed by atoms with Gasteiger partial charge in [-0.25, -0.2) is 9.97 Å². The summed E-state index contributed by atoms with van der Waals surface area (Å²) in [5, 5.41) is 0. The average molecular weight is 401 g/mol. The lowest BCUT2D eigenvalue weighted by Gasteiger charge is -2.27. The number of likely N-dealkylation sites (tertiary alicyclic amines) is 2. The van der Waals surface area contributed by atoms with Gasteiger partial charge in [0, 0.05) is 55.7 Å². The lowest BCUT2D eigenvalue weighted by Crippen LogP contribution is -2.37. The van der Waals surface area contributed by atoms with Gasteiger partial charge in [0.05, 0.1) is 6.42 Å². The number of rotatable bonds is 4. The third-order valence-corrected chi connectivity index (χ3v) is 6.54. The maximum atomic E-state index is 12.7. The lowest BCUT2D eigenvalue weighted by molar-refractivity contribution is -0.139. The first-order valence-electron chi connectivity index (χ1n) is 11.0. The Bertz CT molecular complexity index is 746. The molecule has 2 unspecified atom stereocenters. The molecule has 0 aliphatic carbocycles. The molecule has 7 nitrogen and oxygen atoms in total. The average Bonchev–Trinajstić information content (AvgIpc) is 3.43. The van der Waals surface area contributed by atoms with E-state index in [1.165, 1.54) is 6.42 Å². The summed E-state index contributed by atoms with van der Waals surface area (Å²) in [5.41, 5.74) is 2.73. The molecule has 0 radical (unpaired) electrons. The predicted octanol–water partition coefficient (Wildman–Crippen LogP) is 2.14. The number of hydrogen-bond acceptors (Lipinski definition) is 5. The minimum Gasteiger partial charge on any atom is -0.368 e. The van der Waals surface area contributed by atoms with Crippen LogP contribution in [-0.4, -0.2) is 70.5 Å². The maximum absolute atomic E-state index is 12.7. The van der Waals surface area contributed by atoms with E-state index in [1.807, 2.05) is 23.6 Å². The van der Waals surface area contributed by atoms with Crippen LogP contribution in [0, 0.1) is 13.8 Å². The van der Waals surface area contributed by atoms with Gasteiger partial charge in [-0.05, 0) is 52.4 Å². The SMILES string of the molecule is Cc1nc(C2CCN(C(=O)C3CCCO3)C2)nc(C)c1CC(=O)N1CCCCC1. The molecule has 29 heavy (non-hydrogen) atoms. The topological polar surface area (TPSA) is 75.6 Å². The zero-order valence-corrected chi connectivity index (χ0v) is 17.7. The number of piperidine rings is 1. The van der Waals surface area contributed by atoms with Gasteiger partial charge < -0.3 is 14.5 Å². The summed E-state index contributed by atoms with van der Waals surface area (Å²) in [7, 11) is 0. The largest absolute Gasteiger partial charge is 0.368 e. The zero-order valence-electron chi connectivity index (χ0n) is 17.7. The predicted molar refractivity (Wildman–Crippen MR) is 109 cm³/mol. The van der Waals surface area contributed by atoms with E-state index < -0.39 is 0 Å². The molecule has 1 aromatic rings. The van der Waals surface area contributed by atoms with Crippen LogP contribution in [0.15, 0.2) is 0 Å².